The number of hydrogen-bond acceptors (Lipinski definition) is 5. The van der Waals surface area contributed by atoms with Crippen LogP contribution in [0.15, 0.2) is 18.2 Å². The van der Waals surface area contributed by atoms with E-state index in [9.17, 15) is 18.0 Å². The number of anilines is 1. The maximum absolute atomic E-state index is 12.2. The lowest BCUT2D eigenvalue weighted by Gasteiger charge is -2.07. The highest BCUT2D eigenvalue weighted by Crippen LogP contribution is 2.31. The molecule has 0 aliphatic rings. The van der Waals surface area contributed by atoms with Crippen molar-refractivity contribution in [1.82, 2.24) is 4.98 Å². The van der Waals surface area contributed by atoms with E-state index in [-0.39, 0.29) is 23.4 Å². The first-order valence-corrected chi connectivity index (χ1v) is 7.15. The molecule has 0 spiro atoms. The molecule has 120 valence electrons. The Morgan fingerprint density at radius 1 is 1.41 bits per heavy atom. The summed E-state index contributed by atoms with van der Waals surface area (Å²) in [5.41, 5.74) is 0.457. The molecule has 1 heterocycles. The number of hydrogen-bond donors (Lipinski definition) is 1. The van der Waals surface area contributed by atoms with Crippen LogP contribution in [0, 0.1) is 5.92 Å². The first-order chi connectivity index (χ1) is 10.2. The van der Waals surface area contributed by atoms with E-state index in [1.807, 2.05) is 13.8 Å². The fraction of sp³-hybridized carbons (Fsp3) is 0.385. The van der Waals surface area contributed by atoms with Gasteiger partial charge in [0.2, 0.25) is 0 Å². The Balaban J connectivity index is 2.08. The van der Waals surface area contributed by atoms with E-state index < -0.39 is 12.5 Å². The Morgan fingerprint density at radius 2 is 2.14 bits per heavy atom. The standard InChI is InChI=1S/C13H13F3N2O3S/c1-7(2)6-20-12(19)18-11-17-9-4-3-8(5-10(9)22-11)21-13(14,15)16/h3-5,7H,6H2,1-2H3,(H,17,18,19). The third kappa shape index (κ3) is 4.76. The summed E-state index contributed by atoms with van der Waals surface area (Å²) >= 11 is 1.03. The van der Waals surface area contributed by atoms with Gasteiger partial charge in [0.05, 0.1) is 16.8 Å². The molecule has 0 bridgehead atoms. The molecule has 0 saturated heterocycles. The molecule has 1 aromatic heterocycles. The number of rotatable bonds is 4. The molecule has 0 aliphatic heterocycles. The second-order valence-electron chi connectivity index (χ2n) is 4.81. The van der Waals surface area contributed by atoms with Crippen LogP contribution in [0.5, 0.6) is 5.75 Å². The number of carbonyl (C=O) groups excluding carboxylic acids is 1. The van der Waals surface area contributed by atoms with Gasteiger partial charge in [0.1, 0.15) is 5.75 Å². The van der Waals surface area contributed by atoms with Gasteiger partial charge < -0.3 is 9.47 Å². The second kappa shape index (κ2) is 6.39. The smallest absolute Gasteiger partial charge is 0.449 e. The van der Waals surface area contributed by atoms with E-state index in [0.717, 1.165) is 17.4 Å². The van der Waals surface area contributed by atoms with Crippen molar-refractivity contribution < 1.29 is 27.4 Å². The van der Waals surface area contributed by atoms with Crippen molar-refractivity contribution in [3.05, 3.63) is 18.2 Å². The fourth-order valence-electron chi connectivity index (χ4n) is 1.52. The van der Waals surface area contributed by atoms with Crippen LogP contribution < -0.4 is 10.1 Å². The molecule has 0 saturated carbocycles. The minimum atomic E-state index is -4.75. The third-order valence-electron chi connectivity index (χ3n) is 2.35. The Labute approximate surface area is 128 Å². The molecule has 0 atom stereocenters. The number of nitrogens with one attached hydrogen (secondary N) is 1. The monoisotopic (exact) mass is 334 g/mol. The van der Waals surface area contributed by atoms with E-state index in [4.69, 9.17) is 4.74 Å². The number of amides is 1. The van der Waals surface area contributed by atoms with Crippen molar-refractivity contribution in [2.24, 2.45) is 5.92 Å². The van der Waals surface area contributed by atoms with Crippen LogP contribution in [-0.2, 0) is 4.74 Å². The summed E-state index contributed by atoms with van der Waals surface area (Å²) in [6.07, 6.45) is -5.40. The molecule has 1 N–H and O–H groups in total. The van der Waals surface area contributed by atoms with Gasteiger partial charge in [0.25, 0.3) is 0 Å². The largest absolute Gasteiger partial charge is 0.573 e. The summed E-state index contributed by atoms with van der Waals surface area (Å²) < 4.78 is 45.7. The predicted molar refractivity (Wildman–Crippen MR) is 76.1 cm³/mol. The topological polar surface area (TPSA) is 60.5 Å². The molecule has 1 aromatic carbocycles. The summed E-state index contributed by atoms with van der Waals surface area (Å²) in [6, 6.07) is 3.76. The number of nitrogens with zero attached hydrogens (tertiary/aromatic N) is 1. The highest BCUT2D eigenvalue weighted by atomic mass is 32.1. The molecule has 2 rings (SSSR count). The van der Waals surface area contributed by atoms with Crippen LogP contribution >= 0.6 is 11.3 Å². The van der Waals surface area contributed by atoms with Crippen molar-refractivity contribution in [3.8, 4) is 5.75 Å². The summed E-state index contributed by atoms with van der Waals surface area (Å²) in [5.74, 6) is -0.138. The highest BCUT2D eigenvalue weighted by Gasteiger charge is 2.31. The third-order valence-corrected chi connectivity index (χ3v) is 3.28. The van der Waals surface area contributed by atoms with Crippen LogP contribution in [0.25, 0.3) is 10.2 Å². The summed E-state index contributed by atoms with van der Waals surface area (Å²) in [7, 11) is 0. The maximum Gasteiger partial charge on any atom is 0.573 e. The molecule has 0 fully saturated rings. The molecule has 1 amide bonds. The highest BCUT2D eigenvalue weighted by molar-refractivity contribution is 7.22. The number of benzene rings is 1. The van der Waals surface area contributed by atoms with Gasteiger partial charge >= 0.3 is 12.5 Å². The van der Waals surface area contributed by atoms with Gasteiger partial charge in [-0.1, -0.05) is 25.2 Å². The number of alkyl halides is 3. The van der Waals surface area contributed by atoms with Crippen molar-refractivity contribution in [2.45, 2.75) is 20.2 Å². The van der Waals surface area contributed by atoms with Gasteiger partial charge in [-0.05, 0) is 18.1 Å². The molecule has 5 nitrogen and oxygen atoms in total. The zero-order valence-electron chi connectivity index (χ0n) is 11.7. The SMILES string of the molecule is CC(C)COC(=O)Nc1nc2ccc(OC(F)(F)F)cc2s1. The maximum atomic E-state index is 12.2. The molecular formula is C13H13F3N2O3S. The van der Waals surface area contributed by atoms with Crippen LogP contribution in [-0.4, -0.2) is 24.0 Å². The van der Waals surface area contributed by atoms with Crippen LogP contribution in [0.3, 0.4) is 0 Å². The van der Waals surface area contributed by atoms with E-state index in [0.29, 0.717) is 10.2 Å². The normalized spacial score (nSPS) is 11.7. The Morgan fingerprint density at radius 3 is 2.77 bits per heavy atom. The van der Waals surface area contributed by atoms with Crippen LogP contribution in [0.1, 0.15) is 13.8 Å². The average molecular weight is 334 g/mol. The van der Waals surface area contributed by atoms with E-state index in [2.05, 4.69) is 15.0 Å². The lowest BCUT2D eigenvalue weighted by Crippen LogP contribution is -2.16. The number of halogens is 3. The van der Waals surface area contributed by atoms with Gasteiger partial charge in [-0.2, -0.15) is 0 Å². The Bertz CT molecular complexity index is 670. The van der Waals surface area contributed by atoms with Crippen molar-refractivity contribution in [2.75, 3.05) is 11.9 Å². The Hall–Kier alpha value is -2.03. The van der Waals surface area contributed by atoms with E-state index >= 15 is 0 Å². The number of fused-ring (bicyclic) bond motifs is 1. The number of aromatic nitrogens is 1. The second-order valence-corrected chi connectivity index (χ2v) is 5.84. The van der Waals surface area contributed by atoms with E-state index in [1.54, 1.807) is 0 Å². The molecule has 9 heteroatoms. The first kappa shape index (κ1) is 16.3. The lowest BCUT2D eigenvalue weighted by molar-refractivity contribution is -0.274. The van der Waals surface area contributed by atoms with E-state index in [1.165, 1.54) is 12.1 Å². The van der Waals surface area contributed by atoms with Crippen molar-refractivity contribution in [1.29, 1.82) is 0 Å². The molecule has 22 heavy (non-hydrogen) atoms. The zero-order chi connectivity index (χ0) is 16.3. The van der Waals surface area contributed by atoms with Crippen molar-refractivity contribution in [3.63, 3.8) is 0 Å². The minimum Gasteiger partial charge on any atom is -0.449 e. The average Bonchev–Trinajstić information content (AvgIpc) is 2.75. The quantitative estimate of drug-likeness (QED) is 0.900. The molecule has 0 unspecified atom stereocenters. The molecule has 0 radical (unpaired) electrons. The Kier molecular flexibility index (Phi) is 4.74. The van der Waals surface area contributed by atoms with Gasteiger partial charge in [0.15, 0.2) is 5.13 Å². The summed E-state index contributed by atoms with van der Waals surface area (Å²) in [5, 5.41) is 2.68. The van der Waals surface area contributed by atoms with Crippen LogP contribution in [0.4, 0.5) is 23.1 Å². The van der Waals surface area contributed by atoms with Gasteiger partial charge in [0, 0.05) is 6.07 Å². The summed E-state index contributed by atoms with van der Waals surface area (Å²) in [6.45, 7) is 4.06. The predicted octanol–water partition coefficient (Wildman–Crippen LogP) is 4.40. The van der Waals surface area contributed by atoms with Gasteiger partial charge in [-0.15, -0.1) is 13.2 Å². The zero-order valence-corrected chi connectivity index (χ0v) is 12.5. The molecule has 2 aromatic rings. The number of carbonyl (C=O) groups is 1. The molecular weight excluding hydrogens is 321 g/mol. The minimum absolute atomic E-state index is 0.197. The lowest BCUT2D eigenvalue weighted by atomic mass is 10.2. The fourth-order valence-corrected chi connectivity index (χ4v) is 2.40. The van der Waals surface area contributed by atoms with Gasteiger partial charge in [-0.3, -0.25) is 5.32 Å². The van der Waals surface area contributed by atoms with Gasteiger partial charge in [-0.25, -0.2) is 9.78 Å². The number of ether oxygens (including phenoxy) is 2. The number of thiazole rings is 1. The van der Waals surface area contributed by atoms with Crippen LogP contribution in [0.2, 0.25) is 0 Å². The summed E-state index contributed by atoms with van der Waals surface area (Å²) in [4.78, 5) is 15.6. The first-order valence-electron chi connectivity index (χ1n) is 6.33. The van der Waals surface area contributed by atoms with Crippen molar-refractivity contribution >= 4 is 32.8 Å². The molecule has 0 aliphatic carbocycles.